The van der Waals surface area contributed by atoms with Crippen molar-refractivity contribution in [3.05, 3.63) is 114 Å². The number of benzene rings is 4. The molecule has 0 aromatic heterocycles. The van der Waals surface area contributed by atoms with Crippen molar-refractivity contribution in [2.75, 3.05) is 0 Å². The minimum atomic E-state index is -2.61. The molecule has 1 aliphatic rings. The molecule has 0 N–H and O–H groups in total. The molecule has 0 spiro atoms. The third-order valence-corrected chi connectivity index (χ3v) is 12.2. The van der Waals surface area contributed by atoms with Gasteiger partial charge in [-0.05, 0) is 0 Å². The van der Waals surface area contributed by atoms with E-state index in [0.29, 0.717) is 5.92 Å². The second kappa shape index (κ2) is 10.4. The first-order valence-corrected chi connectivity index (χ1v) is 19.6. The van der Waals surface area contributed by atoms with Gasteiger partial charge in [-0.2, -0.15) is 0 Å². The van der Waals surface area contributed by atoms with E-state index in [4.69, 9.17) is 17.0 Å². The van der Waals surface area contributed by atoms with E-state index in [-0.39, 0.29) is 3.63 Å². The molecule has 0 nitrogen and oxygen atoms in total. The number of fused-ring (bicyclic) bond motifs is 1. The fourth-order valence-corrected chi connectivity index (χ4v) is 10.7. The summed E-state index contributed by atoms with van der Waals surface area (Å²) in [5, 5.41) is 0. The molecule has 34 heavy (non-hydrogen) atoms. The van der Waals surface area contributed by atoms with Gasteiger partial charge in [0.05, 0.1) is 0 Å². The summed E-state index contributed by atoms with van der Waals surface area (Å²) in [6.07, 6.45) is 3.51. The number of rotatable bonds is 6. The average Bonchev–Trinajstić information content (AvgIpc) is 3.29. The van der Waals surface area contributed by atoms with E-state index < -0.39 is 19.4 Å². The van der Waals surface area contributed by atoms with Gasteiger partial charge in [-0.1, -0.05) is 0 Å². The number of hydrogen-bond acceptors (Lipinski definition) is 0. The Balaban J connectivity index is 1.84. The van der Waals surface area contributed by atoms with Gasteiger partial charge in [0.15, 0.2) is 0 Å². The van der Waals surface area contributed by atoms with E-state index in [1.807, 2.05) is 0 Å². The molecule has 0 saturated heterocycles. The van der Waals surface area contributed by atoms with Crippen molar-refractivity contribution >= 4 is 23.1 Å². The van der Waals surface area contributed by atoms with Gasteiger partial charge in [-0.15, -0.1) is 0 Å². The molecule has 0 amide bonds. The quantitative estimate of drug-likeness (QED) is 0.220. The van der Waals surface area contributed by atoms with Crippen LogP contribution in [0.25, 0.3) is 39.5 Å². The van der Waals surface area contributed by atoms with Crippen molar-refractivity contribution < 1.29 is 19.4 Å². The molecular weight excluding hydrogens is 534 g/mol. The SMILES string of the molecule is CCC(C)C1=Cc2c(ccc(-c3ccccc3)c2-c2ccccc2-c2ccccc2)[CH]1[Zr]([Cl])[Cl]. The summed E-state index contributed by atoms with van der Waals surface area (Å²) in [4.78, 5) is 0. The summed E-state index contributed by atoms with van der Waals surface area (Å²) in [5.41, 5.74) is 11.5. The zero-order valence-corrected chi connectivity index (χ0v) is 23.4. The van der Waals surface area contributed by atoms with Crippen LogP contribution in [0.1, 0.15) is 35.0 Å². The molecule has 0 fully saturated rings. The van der Waals surface area contributed by atoms with Crippen molar-refractivity contribution in [1.29, 1.82) is 0 Å². The molecule has 0 radical (unpaired) electrons. The van der Waals surface area contributed by atoms with Crippen LogP contribution in [0.4, 0.5) is 0 Å². The first kappa shape index (κ1) is 23.8. The Morgan fingerprint density at radius 2 is 1.26 bits per heavy atom. The average molecular weight is 562 g/mol. The van der Waals surface area contributed by atoms with Crippen molar-refractivity contribution in [3.8, 4) is 33.4 Å². The van der Waals surface area contributed by atoms with Crippen LogP contribution < -0.4 is 0 Å². The summed E-state index contributed by atoms with van der Waals surface area (Å²) in [7, 11) is 13.6. The Morgan fingerprint density at radius 3 is 1.85 bits per heavy atom. The molecule has 2 atom stereocenters. The zero-order valence-electron chi connectivity index (χ0n) is 19.4. The summed E-state index contributed by atoms with van der Waals surface area (Å²) in [5.74, 6) is 0.461. The Kier molecular flexibility index (Phi) is 7.26. The molecule has 0 bridgehead atoms. The molecule has 169 valence electrons. The predicted octanol–water partition coefficient (Wildman–Crippen LogP) is 10.1. The zero-order chi connectivity index (χ0) is 23.7. The summed E-state index contributed by atoms with van der Waals surface area (Å²) in [6.45, 7) is 4.55. The third-order valence-electron chi connectivity index (χ3n) is 7.00. The second-order valence-corrected chi connectivity index (χ2v) is 17.8. The third kappa shape index (κ3) is 4.40. The molecule has 0 heterocycles. The number of allylic oxidation sites excluding steroid dienone is 1. The molecule has 1 aliphatic carbocycles. The van der Waals surface area contributed by atoms with Crippen LogP contribution in [0.3, 0.4) is 0 Å². The van der Waals surface area contributed by atoms with Gasteiger partial charge in [0.25, 0.3) is 0 Å². The fourth-order valence-electron chi connectivity index (χ4n) is 5.10. The minimum absolute atomic E-state index is 0.211. The molecule has 4 aromatic rings. The van der Waals surface area contributed by atoms with Crippen molar-refractivity contribution in [2.24, 2.45) is 5.92 Å². The van der Waals surface area contributed by atoms with Crippen LogP contribution in [0.2, 0.25) is 0 Å². The van der Waals surface area contributed by atoms with Crippen LogP contribution in [0.15, 0.2) is 103 Å². The molecule has 0 aliphatic heterocycles. The molecule has 2 unspecified atom stereocenters. The second-order valence-electron chi connectivity index (χ2n) is 8.94. The predicted molar refractivity (Wildman–Crippen MR) is 145 cm³/mol. The van der Waals surface area contributed by atoms with Crippen LogP contribution in [0, 0.1) is 5.92 Å². The Bertz CT molecular complexity index is 1330. The van der Waals surface area contributed by atoms with E-state index in [1.54, 1.807) is 0 Å². The number of hydrogen-bond donors (Lipinski definition) is 0. The molecular formula is C31H27Cl2Zr. The maximum absolute atomic E-state index is 6.81. The molecule has 5 rings (SSSR count). The Labute approximate surface area is 218 Å². The topological polar surface area (TPSA) is 0 Å². The summed E-state index contributed by atoms with van der Waals surface area (Å²) in [6, 6.07) is 34.7. The molecule has 0 saturated carbocycles. The van der Waals surface area contributed by atoms with E-state index in [9.17, 15) is 0 Å². The van der Waals surface area contributed by atoms with E-state index >= 15 is 0 Å². The van der Waals surface area contributed by atoms with Gasteiger partial charge in [0.2, 0.25) is 0 Å². The monoisotopic (exact) mass is 559 g/mol. The van der Waals surface area contributed by atoms with Crippen LogP contribution in [-0.4, -0.2) is 0 Å². The summed E-state index contributed by atoms with van der Waals surface area (Å²) >= 11 is -2.61. The fraction of sp³-hybridized carbons (Fsp3) is 0.161. The van der Waals surface area contributed by atoms with Crippen molar-refractivity contribution in [1.82, 2.24) is 0 Å². The molecule has 4 aromatic carbocycles. The van der Waals surface area contributed by atoms with E-state index in [2.05, 4.69) is 117 Å². The van der Waals surface area contributed by atoms with E-state index in [1.165, 1.54) is 50.1 Å². The summed E-state index contributed by atoms with van der Waals surface area (Å²) < 4.78 is 0.211. The van der Waals surface area contributed by atoms with Crippen molar-refractivity contribution in [2.45, 2.75) is 23.9 Å². The van der Waals surface area contributed by atoms with Gasteiger partial charge >= 0.3 is 219 Å². The Hall–Kier alpha value is -1.92. The first-order chi connectivity index (χ1) is 16.6. The maximum atomic E-state index is 6.81. The van der Waals surface area contributed by atoms with Crippen molar-refractivity contribution in [3.63, 3.8) is 0 Å². The van der Waals surface area contributed by atoms with Gasteiger partial charge < -0.3 is 0 Å². The first-order valence-electron chi connectivity index (χ1n) is 11.9. The van der Waals surface area contributed by atoms with E-state index in [0.717, 1.165) is 6.42 Å². The van der Waals surface area contributed by atoms with Crippen LogP contribution in [0.5, 0.6) is 0 Å². The number of halogens is 2. The van der Waals surface area contributed by atoms with Gasteiger partial charge in [-0.3, -0.25) is 0 Å². The standard InChI is InChI=1S/C31H27.2ClH.Zr/c1-3-22(2)26-20-25-18-19-28(24-14-8-5-9-15-24)31(30(25)21-26)29-17-11-10-16-27(29)23-12-6-4-7-13-23;;;/h4-22H,3H2,1-2H3;2*1H;/q;;;+2/p-2. The van der Waals surface area contributed by atoms with Gasteiger partial charge in [0, 0.05) is 0 Å². The van der Waals surface area contributed by atoms with Crippen LogP contribution in [-0.2, 0) is 19.4 Å². The van der Waals surface area contributed by atoms with Gasteiger partial charge in [-0.25, -0.2) is 0 Å². The van der Waals surface area contributed by atoms with Gasteiger partial charge in [0.1, 0.15) is 0 Å². The molecule has 3 heteroatoms. The van der Waals surface area contributed by atoms with Crippen LogP contribution >= 0.6 is 17.0 Å². The Morgan fingerprint density at radius 1 is 0.706 bits per heavy atom. The normalized spacial score (nSPS) is 15.5.